The fourth-order valence-corrected chi connectivity index (χ4v) is 1.63. The Kier molecular flexibility index (Phi) is 2.78. The van der Waals surface area contributed by atoms with Gasteiger partial charge in [-0.2, -0.15) is 5.10 Å². The van der Waals surface area contributed by atoms with E-state index in [0.29, 0.717) is 16.4 Å². The molecular formula is C10H9ClFN3O. The van der Waals surface area contributed by atoms with Crippen LogP contribution >= 0.6 is 11.6 Å². The van der Waals surface area contributed by atoms with E-state index in [-0.39, 0.29) is 12.1 Å². The largest absolute Gasteiger partial charge is 0.343 e. The third-order valence-electron chi connectivity index (χ3n) is 2.22. The van der Waals surface area contributed by atoms with Gasteiger partial charge < -0.3 is 0 Å². The van der Waals surface area contributed by atoms with Crippen molar-refractivity contribution in [1.29, 1.82) is 0 Å². The van der Waals surface area contributed by atoms with Gasteiger partial charge in [-0.05, 0) is 12.1 Å². The summed E-state index contributed by atoms with van der Waals surface area (Å²) in [6, 6.07) is 4.45. The minimum Gasteiger partial charge on any atom is -0.292 e. The van der Waals surface area contributed by atoms with Crippen LogP contribution in [-0.2, 0) is 13.5 Å². The van der Waals surface area contributed by atoms with Gasteiger partial charge in [0, 0.05) is 24.1 Å². The van der Waals surface area contributed by atoms with Crippen molar-refractivity contribution in [3.63, 3.8) is 0 Å². The predicted molar refractivity (Wildman–Crippen MR) is 58.0 cm³/mol. The molecule has 0 aliphatic heterocycles. The smallest absolute Gasteiger partial charge is 0.292 e. The van der Waals surface area contributed by atoms with E-state index in [2.05, 4.69) is 10.1 Å². The molecule has 1 aromatic heterocycles. The van der Waals surface area contributed by atoms with E-state index in [0.717, 1.165) is 4.68 Å². The summed E-state index contributed by atoms with van der Waals surface area (Å²) in [7, 11) is 1.52. The van der Waals surface area contributed by atoms with Gasteiger partial charge in [-0.25, -0.2) is 13.9 Å². The summed E-state index contributed by atoms with van der Waals surface area (Å²) in [5.41, 5.74) is 0.000906. The van der Waals surface area contributed by atoms with E-state index in [1.165, 1.54) is 19.2 Å². The van der Waals surface area contributed by atoms with Gasteiger partial charge in [-0.3, -0.25) is 4.98 Å². The van der Waals surface area contributed by atoms with Crippen molar-refractivity contribution >= 4 is 11.6 Å². The third kappa shape index (κ3) is 1.99. The SMILES string of the molecule is Cn1nc(Cc2c(F)cccc2Cl)[nH]c1=O. The molecule has 0 spiro atoms. The molecule has 0 aliphatic rings. The average Bonchev–Trinajstić information content (AvgIpc) is 2.53. The van der Waals surface area contributed by atoms with E-state index in [1.54, 1.807) is 6.07 Å². The lowest BCUT2D eigenvalue weighted by atomic mass is 10.1. The molecule has 6 heteroatoms. The molecule has 2 aromatic rings. The summed E-state index contributed by atoms with van der Waals surface area (Å²) in [5, 5.41) is 4.24. The Morgan fingerprint density at radius 2 is 2.31 bits per heavy atom. The molecule has 1 aromatic carbocycles. The number of H-pyrrole nitrogens is 1. The summed E-state index contributed by atoms with van der Waals surface area (Å²) >= 11 is 5.86. The number of aromatic amines is 1. The van der Waals surface area contributed by atoms with Crippen molar-refractivity contribution < 1.29 is 4.39 Å². The first-order chi connectivity index (χ1) is 7.58. The number of hydrogen-bond acceptors (Lipinski definition) is 2. The van der Waals surface area contributed by atoms with Crippen LogP contribution in [0.3, 0.4) is 0 Å². The van der Waals surface area contributed by atoms with E-state index in [9.17, 15) is 9.18 Å². The minimum atomic E-state index is -0.404. The quantitative estimate of drug-likeness (QED) is 0.866. The lowest BCUT2D eigenvalue weighted by Gasteiger charge is -2.02. The van der Waals surface area contributed by atoms with Gasteiger partial charge in [0.1, 0.15) is 11.6 Å². The first-order valence-corrected chi connectivity index (χ1v) is 5.01. The number of nitrogens with zero attached hydrogens (tertiary/aromatic N) is 2. The van der Waals surface area contributed by atoms with Gasteiger partial charge in [0.25, 0.3) is 0 Å². The van der Waals surface area contributed by atoms with Crippen molar-refractivity contribution in [1.82, 2.24) is 14.8 Å². The van der Waals surface area contributed by atoms with Crippen molar-refractivity contribution in [2.75, 3.05) is 0 Å². The van der Waals surface area contributed by atoms with Crippen LogP contribution in [0.25, 0.3) is 0 Å². The number of aromatic nitrogens is 3. The number of aryl methyl sites for hydroxylation is 1. The van der Waals surface area contributed by atoms with Gasteiger partial charge in [0.15, 0.2) is 0 Å². The monoisotopic (exact) mass is 241 g/mol. The molecule has 1 N–H and O–H groups in total. The zero-order valence-corrected chi connectivity index (χ0v) is 9.25. The van der Waals surface area contributed by atoms with Crippen LogP contribution in [0.15, 0.2) is 23.0 Å². The average molecular weight is 242 g/mol. The van der Waals surface area contributed by atoms with Crippen molar-refractivity contribution in [2.45, 2.75) is 6.42 Å². The molecule has 0 saturated heterocycles. The molecule has 0 atom stereocenters. The summed E-state index contributed by atoms with van der Waals surface area (Å²) in [4.78, 5) is 13.6. The normalized spacial score (nSPS) is 10.7. The highest BCUT2D eigenvalue weighted by molar-refractivity contribution is 6.31. The maximum Gasteiger partial charge on any atom is 0.343 e. The third-order valence-corrected chi connectivity index (χ3v) is 2.58. The molecule has 1 heterocycles. The Labute approximate surface area is 95.7 Å². The van der Waals surface area contributed by atoms with E-state index >= 15 is 0 Å². The highest BCUT2D eigenvalue weighted by atomic mass is 35.5. The first-order valence-electron chi connectivity index (χ1n) is 4.63. The van der Waals surface area contributed by atoms with E-state index in [4.69, 9.17) is 11.6 Å². The minimum absolute atomic E-state index is 0.168. The van der Waals surface area contributed by atoms with Crippen LogP contribution < -0.4 is 5.69 Å². The van der Waals surface area contributed by atoms with Gasteiger partial charge >= 0.3 is 5.69 Å². The van der Waals surface area contributed by atoms with Crippen molar-refractivity contribution in [3.05, 3.63) is 50.9 Å². The van der Waals surface area contributed by atoms with Gasteiger partial charge in [-0.15, -0.1) is 0 Å². The van der Waals surface area contributed by atoms with Crippen LogP contribution in [0.1, 0.15) is 11.4 Å². The van der Waals surface area contributed by atoms with Crippen molar-refractivity contribution in [3.8, 4) is 0 Å². The van der Waals surface area contributed by atoms with Crippen molar-refractivity contribution in [2.24, 2.45) is 7.05 Å². The first kappa shape index (κ1) is 10.9. The van der Waals surface area contributed by atoms with Crippen LogP contribution in [0.4, 0.5) is 4.39 Å². The Hall–Kier alpha value is -1.62. The summed E-state index contributed by atoms with van der Waals surface area (Å²) in [5.74, 6) is -0.0153. The van der Waals surface area contributed by atoms with Gasteiger partial charge in [-0.1, -0.05) is 17.7 Å². The fourth-order valence-electron chi connectivity index (χ4n) is 1.40. The molecule has 0 saturated carbocycles. The van der Waals surface area contributed by atoms with E-state index < -0.39 is 5.82 Å². The van der Waals surface area contributed by atoms with Crippen LogP contribution in [-0.4, -0.2) is 14.8 Å². The van der Waals surface area contributed by atoms with Gasteiger partial charge in [0.05, 0.1) is 0 Å². The maximum absolute atomic E-state index is 13.4. The Bertz CT molecular complexity index is 555. The predicted octanol–water partition coefficient (Wildman–Crippen LogP) is 1.49. The zero-order chi connectivity index (χ0) is 11.7. The molecule has 0 aliphatic carbocycles. The molecular weight excluding hydrogens is 233 g/mol. The topological polar surface area (TPSA) is 50.7 Å². The Morgan fingerprint density at radius 3 is 2.88 bits per heavy atom. The molecule has 16 heavy (non-hydrogen) atoms. The molecule has 0 amide bonds. The zero-order valence-electron chi connectivity index (χ0n) is 8.50. The number of nitrogens with one attached hydrogen (secondary N) is 1. The Balaban J connectivity index is 2.37. The molecule has 0 fully saturated rings. The molecule has 0 radical (unpaired) electrons. The number of hydrogen-bond donors (Lipinski definition) is 1. The number of halogens is 2. The number of benzene rings is 1. The lowest BCUT2D eigenvalue weighted by Crippen LogP contribution is -2.13. The summed E-state index contributed by atoms with van der Waals surface area (Å²) in [6.45, 7) is 0. The number of rotatable bonds is 2. The maximum atomic E-state index is 13.4. The molecule has 84 valence electrons. The fraction of sp³-hybridized carbons (Fsp3) is 0.200. The molecule has 4 nitrogen and oxygen atoms in total. The Morgan fingerprint density at radius 1 is 1.56 bits per heavy atom. The van der Waals surface area contributed by atoms with Crippen LogP contribution in [0.2, 0.25) is 5.02 Å². The second kappa shape index (κ2) is 4.09. The van der Waals surface area contributed by atoms with Gasteiger partial charge in [0.2, 0.25) is 0 Å². The second-order valence-electron chi connectivity index (χ2n) is 3.38. The highest BCUT2D eigenvalue weighted by Crippen LogP contribution is 2.20. The molecule has 2 rings (SSSR count). The standard InChI is InChI=1S/C10H9ClFN3O/c1-15-10(16)13-9(14-15)5-6-7(11)3-2-4-8(6)12/h2-4H,5H2,1H3,(H,13,14,16). The van der Waals surface area contributed by atoms with Crippen LogP contribution in [0, 0.1) is 5.82 Å². The highest BCUT2D eigenvalue weighted by Gasteiger charge is 2.10. The molecule has 0 unspecified atom stereocenters. The summed E-state index contributed by atoms with van der Waals surface area (Å²) < 4.78 is 14.6. The van der Waals surface area contributed by atoms with E-state index in [1.807, 2.05) is 0 Å². The lowest BCUT2D eigenvalue weighted by molar-refractivity contribution is 0.611. The van der Waals surface area contributed by atoms with Crippen LogP contribution in [0.5, 0.6) is 0 Å². The summed E-state index contributed by atoms with van der Waals surface area (Å²) in [6.07, 6.45) is 0.168. The second-order valence-corrected chi connectivity index (χ2v) is 3.78. The molecule has 0 bridgehead atoms.